The maximum Gasteiger partial charge on any atom is 0.165 e. The molecule has 2 aromatic rings. The fourth-order valence-corrected chi connectivity index (χ4v) is 2.70. The highest BCUT2D eigenvalue weighted by atomic mass is 79.9. The molecule has 0 bridgehead atoms. The Morgan fingerprint density at radius 1 is 1.26 bits per heavy atom. The van der Waals surface area contributed by atoms with Crippen molar-refractivity contribution in [3.8, 4) is 11.4 Å². The summed E-state index contributed by atoms with van der Waals surface area (Å²) in [5.41, 5.74) is 6.76. The average Bonchev–Trinajstić information content (AvgIpc) is 2.74. The topological polar surface area (TPSA) is 56.7 Å². The lowest BCUT2D eigenvalue weighted by Gasteiger charge is -2.13. The number of hydrogen-bond donors (Lipinski definition) is 1. The molecule has 2 N–H and O–H groups in total. The van der Waals surface area contributed by atoms with E-state index in [1.807, 2.05) is 18.2 Å². The molecule has 1 aromatic carbocycles. The monoisotopic (exact) mass is 386 g/mol. The lowest BCUT2D eigenvalue weighted by atomic mass is 10.2. The van der Waals surface area contributed by atoms with Crippen LogP contribution in [0.2, 0.25) is 0 Å². The predicted molar refractivity (Wildman–Crippen MR) is 83.6 cm³/mol. The SMILES string of the molecule is CC(C)Cn1c(CN)nnc1-c1cc(Br)ccc1Br. The van der Waals surface area contributed by atoms with E-state index in [2.05, 4.69) is 60.5 Å². The molecule has 0 amide bonds. The number of aromatic nitrogens is 3. The zero-order chi connectivity index (χ0) is 14.0. The first kappa shape index (κ1) is 14.7. The summed E-state index contributed by atoms with van der Waals surface area (Å²) in [4.78, 5) is 0. The van der Waals surface area contributed by atoms with E-state index in [1.54, 1.807) is 0 Å². The Kier molecular flexibility index (Phi) is 4.76. The predicted octanol–water partition coefficient (Wildman–Crippen LogP) is 3.58. The van der Waals surface area contributed by atoms with Gasteiger partial charge >= 0.3 is 0 Å². The molecule has 2 rings (SSSR count). The Balaban J connectivity index is 2.55. The number of hydrogen-bond acceptors (Lipinski definition) is 3. The average molecular weight is 388 g/mol. The van der Waals surface area contributed by atoms with E-state index in [0.29, 0.717) is 12.5 Å². The highest BCUT2D eigenvalue weighted by Gasteiger charge is 2.16. The van der Waals surface area contributed by atoms with Gasteiger partial charge in [0.15, 0.2) is 5.82 Å². The fourth-order valence-electron chi connectivity index (χ4n) is 1.91. The Morgan fingerprint density at radius 3 is 2.63 bits per heavy atom. The lowest BCUT2D eigenvalue weighted by Crippen LogP contribution is -2.13. The molecule has 6 heteroatoms. The van der Waals surface area contributed by atoms with Crippen LogP contribution >= 0.6 is 31.9 Å². The summed E-state index contributed by atoms with van der Waals surface area (Å²) < 4.78 is 4.10. The summed E-state index contributed by atoms with van der Waals surface area (Å²) >= 11 is 7.06. The summed E-state index contributed by atoms with van der Waals surface area (Å²) in [7, 11) is 0. The molecule has 0 unspecified atom stereocenters. The van der Waals surface area contributed by atoms with Gasteiger partial charge in [0.1, 0.15) is 5.82 Å². The van der Waals surface area contributed by atoms with Crippen LogP contribution in [0.25, 0.3) is 11.4 Å². The minimum atomic E-state index is 0.394. The van der Waals surface area contributed by atoms with Gasteiger partial charge in [-0.05, 0) is 24.1 Å². The van der Waals surface area contributed by atoms with Crippen molar-refractivity contribution >= 4 is 31.9 Å². The summed E-state index contributed by atoms with van der Waals surface area (Å²) in [5.74, 6) is 2.17. The van der Waals surface area contributed by atoms with Crippen LogP contribution in [0.1, 0.15) is 19.7 Å². The van der Waals surface area contributed by atoms with Gasteiger partial charge in [-0.1, -0.05) is 45.7 Å². The van der Waals surface area contributed by atoms with Crippen LogP contribution in [0.5, 0.6) is 0 Å². The maximum absolute atomic E-state index is 5.74. The van der Waals surface area contributed by atoms with Crippen LogP contribution in [0.4, 0.5) is 0 Å². The minimum Gasteiger partial charge on any atom is -0.324 e. The smallest absolute Gasteiger partial charge is 0.165 e. The summed E-state index contributed by atoms with van der Waals surface area (Å²) in [5, 5.41) is 8.48. The van der Waals surface area contributed by atoms with E-state index in [9.17, 15) is 0 Å². The number of rotatable bonds is 4. The largest absolute Gasteiger partial charge is 0.324 e. The van der Waals surface area contributed by atoms with Gasteiger partial charge in [0.2, 0.25) is 0 Å². The van der Waals surface area contributed by atoms with Gasteiger partial charge in [0.05, 0.1) is 6.54 Å². The molecular weight excluding hydrogens is 372 g/mol. The second-order valence-corrected chi connectivity index (χ2v) is 6.54. The van der Waals surface area contributed by atoms with Gasteiger partial charge in [0, 0.05) is 21.1 Å². The highest BCUT2D eigenvalue weighted by Crippen LogP contribution is 2.30. The molecule has 0 aliphatic carbocycles. The molecule has 0 spiro atoms. The van der Waals surface area contributed by atoms with Crippen LogP contribution in [0.15, 0.2) is 27.1 Å². The maximum atomic E-state index is 5.74. The first-order valence-corrected chi connectivity index (χ1v) is 7.69. The zero-order valence-electron chi connectivity index (χ0n) is 10.9. The van der Waals surface area contributed by atoms with Crippen molar-refractivity contribution in [3.63, 3.8) is 0 Å². The van der Waals surface area contributed by atoms with E-state index in [4.69, 9.17) is 5.73 Å². The van der Waals surface area contributed by atoms with E-state index in [1.165, 1.54) is 0 Å². The Hall–Kier alpha value is -0.720. The molecule has 4 nitrogen and oxygen atoms in total. The summed E-state index contributed by atoms with van der Waals surface area (Å²) in [6, 6.07) is 6.02. The van der Waals surface area contributed by atoms with Crippen LogP contribution < -0.4 is 5.73 Å². The first-order chi connectivity index (χ1) is 9.02. The molecule has 1 aromatic heterocycles. The van der Waals surface area contributed by atoms with Crippen molar-refractivity contribution in [3.05, 3.63) is 33.0 Å². The number of halogens is 2. The lowest BCUT2D eigenvalue weighted by molar-refractivity contribution is 0.510. The van der Waals surface area contributed by atoms with Crippen molar-refractivity contribution in [2.75, 3.05) is 0 Å². The van der Waals surface area contributed by atoms with E-state index in [0.717, 1.165) is 32.7 Å². The molecule has 0 radical (unpaired) electrons. The molecule has 0 saturated carbocycles. The molecule has 0 aliphatic heterocycles. The molecule has 0 saturated heterocycles. The minimum absolute atomic E-state index is 0.394. The van der Waals surface area contributed by atoms with Gasteiger partial charge < -0.3 is 10.3 Å². The van der Waals surface area contributed by atoms with Gasteiger partial charge in [-0.2, -0.15) is 0 Å². The van der Waals surface area contributed by atoms with E-state index >= 15 is 0 Å². The number of benzene rings is 1. The van der Waals surface area contributed by atoms with Gasteiger partial charge in [0.25, 0.3) is 0 Å². The van der Waals surface area contributed by atoms with Crippen LogP contribution in [0.3, 0.4) is 0 Å². The van der Waals surface area contributed by atoms with Gasteiger partial charge in [-0.3, -0.25) is 0 Å². The van der Waals surface area contributed by atoms with Crippen molar-refractivity contribution in [1.29, 1.82) is 0 Å². The van der Waals surface area contributed by atoms with Crippen molar-refractivity contribution in [2.24, 2.45) is 11.7 Å². The van der Waals surface area contributed by atoms with Crippen LogP contribution in [-0.2, 0) is 13.1 Å². The van der Waals surface area contributed by atoms with E-state index < -0.39 is 0 Å². The zero-order valence-corrected chi connectivity index (χ0v) is 14.1. The summed E-state index contributed by atoms with van der Waals surface area (Å²) in [6.45, 7) is 5.58. The van der Waals surface area contributed by atoms with Gasteiger partial charge in [-0.15, -0.1) is 10.2 Å². The number of nitrogens with zero attached hydrogens (tertiary/aromatic N) is 3. The first-order valence-electron chi connectivity index (χ1n) is 6.10. The summed E-state index contributed by atoms with van der Waals surface area (Å²) in [6.07, 6.45) is 0. The third-order valence-corrected chi connectivity index (χ3v) is 3.91. The van der Waals surface area contributed by atoms with E-state index in [-0.39, 0.29) is 0 Å². The quantitative estimate of drug-likeness (QED) is 0.871. The molecule has 0 atom stereocenters. The second kappa shape index (κ2) is 6.15. The molecule has 0 aliphatic rings. The molecule has 0 fully saturated rings. The third kappa shape index (κ3) is 3.24. The van der Waals surface area contributed by atoms with Crippen LogP contribution in [0, 0.1) is 5.92 Å². The standard InChI is InChI=1S/C13H16Br2N4/c1-8(2)7-19-12(6-16)17-18-13(19)10-5-9(14)3-4-11(10)15/h3-5,8H,6-7,16H2,1-2H3. The van der Waals surface area contributed by atoms with Gasteiger partial charge in [-0.25, -0.2) is 0 Å². The molecular formula is C13H16Br2N4. The second-order valence-electron chi connectivity index (χ2n) is 4.77. The van der Waals surface area contributed by atoms with Crippen molar-refractivity contribution in [1.82, 2.24) is 14.8 Å². The molecule has 19 heavy (non-hydrogen) atoms. The fraction of sp³-hybridized carbons (Fsp3) is 0.385. The molecule has 102 valence electrons. The Labute approximate surface area is 129 Å². The Morgan fingerprint density at radius 2 is 2.00 bits per heavy atom. The highest BCUT2D eigenvalue weighted by molar-refractivity contribution is 9.11. The Bertz CT molecular complexity index is 578. The van der Waals surface area contributed by atoms with Crippen molar-refractivity contribution in [2.45, 2.75) is 26.9 Å². The van der Waals surface area contributed by atoms with Crippen molar-refractivity contribution < 1.29 is 0 Å². The van der Waals surface area contributed by atoms with Crippen LogP contribution in [-0.4, -0.2) is 14.8 Å². The molecule has 1 heterocycles. The number of nitrogens with two attached hydrogens (primary N) is 1. The third-order valence-electron chi connectivity index (χ3n) is 2.73. The normalized spacial score (nSPS) is 11.3.